The second kappa shape index (κ2) is 8.73. The third-order valence-electron chi connectivity index (χ3n) is 5.58. The number of aryl methyl sites for hydroxylation is 1. The predicted molar refractivity (Wildman–Crippen MR) is 115 cm³/mol. The van der Waals surface area contributed by atoms with E-state index in [-0.39, 0.29) is 30.7 Å². The van der Waals surface area contributed by atoms with Crippen LogP contribution in [0.25, 0.3) is 11.1 Å². The average Bonchev–Trinajstić information content (AvgIpc) is 3.24. The molecule has 4 rings (SSSR count). The Labute approximate surface area is 181 Å². The van der Waals surface area contributed by atoms with Crippen molar-refractivity contribution in [3.63, 3.8) is 0 Å². The van der Waals surface area contributed by atoms with E-state index >= 15 is 0 Å². The second-order valence-electron chi connectivity index (χ2n) is 7.66. The van der Waals surface area contributed by atoms with Crippen molar-refractivity contribution < 1.29 is 18.7 Å². The molecule has 31 heavy (non-hydrogen) atoms. The number of nitrogens with zero attached hydrogens (tertiary/aromatic N) is 2. The highest BCUT2D eigenvalue weighted by Crippen LogP contribution is 2.28. The van der Waals surface area contributed by atoms with Crippen molar-refractivity contribution in [3.8, 4) is 11.1 Å². The number of rotatable bonds is 5. The summed E-state index contributed by atoms with van der Waals surface area (Å²) in [7, 11) is 1.58. The first-order chi connectivity index (χ1) is 15.0. The molecule has 0 bridgehead atoms. The van der Waals surface area contributed by atoms with Crippen LogP contribution >= 0.6 is 0 Å². The van der Waals surface area contributed by atoms with Crippen LogP contribution < -0.4 is 5.32 Å². The molecule has 7 nitrogen and oxygen atoms in total. The van der Waals surface area contributed by atoms with E-state index in [0.717, 1.165) is 16.7 Å². The van der Waals surface area contributed by atoms with Crippen LogP contribution in [0.4, 0.5) is 0 Å². The summed E-state index contributed by atoms with van der Waals surface area (Å²) in [5.41, 5.74) is 2.45. The standard InChI is InChI=1S/C24H25N3O4/c1-17-21(30-16-26-17)22(28)27-11-12-31-24(15-27,23(29)25-2)14-18-7-6-10-20(13-18)19-8-4-3-5-9-19/h3-10,13,16H,11-12,14-15H2,1-2H3,(H,25,29)/t24-/m0/s1. The van der Waals surface area contributed by atoms with E-state index in [1.807, 2.05) is 48.5 Å². The predicted octanol–water partition coefficient (Wildman–Crippen LogP) is 2.85. The Hall–Kier alpha value is -3.45. The molecule has 7 heteroatoms. The highest BCUT2D eigenvalue weighted by molar-refractivity contribution is 5.94. The largest absolute Gasteiger partial charge is 0.438 e. The van der Waals surface area contributed by atoms with E-state index in [0.29, 0.717) is 18.7 Å². The zero-order valence-corrected chi connectivity index (χ0v) is 17.6. The number of hydrogen-bond donors (Lipinski definition) is 1. The molecule has 1 N–H and O–H groups in total. The molecule has 0 spiro atoms. The van der Waals surface area contributed by atoms with E-state index in [9.17, 15) is 9.59 Å². The van der Waals surface area contributed by atoms with E-state index < -0.39 is 5.60 Å². The molecule has 1 aromatic heterocycles. The first-order valence-electron chi connectivity index (χ1n) is 10.2. The molecule has 2 aromatic carbocycles. The van der Waals surface area contributed by atoms with Crippen molar-refractivity contribution in [2.24, 2.45) is 0 Å². The zero-order valence-electron chi connectivity index (χ0n) is 17.6. The lowest BCUT2D eigenvalue weighted by atomic mass is 9.89. The van der Waals surface area contributed by atoms with Crippen LogP contribution in [0, 0.1) is 6.92 Å². The third-order valence-corrected chi connectivity index (χ3v) is 5.58. The number of carbonyl (C=O) groups excluding carboxylic acids is 2. The molecular formula is C24H25N3O4. The summed E-state index contributed by atoms with van der Waals surface area (Å²) in [4.78, 5) is 31.5. The number of nitrogens with one attached hydrogen (secondary N) is 1. The number of amides is 2. The fourth-order valence-corrected chi connectivity index (χ4v) is 3.98. The van der Waals surface area contributed by atoms with Gasteiger partial charge in [-0.25, -0.2) is 4.98 Å². The Bertz CT molecular complexity index is 1080. The quantitative estimate of drug-likeness (QED) is 0.687. The minimum atomic E-state index is -1.19. The van der Waals surface area contributed by atoms with E-state index in [2.05, 4.69) is 16.4 Å². The SMILES string of the molecule is CNC(=O)[C@]1(Cc2cccc(-c3ccccc3)c2)CN(C(=O)c2ocnc2C)CCO1. The molecule has 1 atom stereocenters. The Kier molecular flexibility index (Phi) is 5.86. The van der Waals surface area contributed by atoms with E-state index in [1.54, 1.807) is 18.9 Å². The lowest BCUT2D eigenvalue weighted by Gasteiger charge is -2.41. The Morgan fingerprint density at radius 3 is 2.61 bits per heavy atom. The number of hydrogen-bond acceptors (Lipinski definition) is 5. The number of aromatic nitrogens is 1. The maximum absolute atomic E-state index is 13.0. The summed E-state index contributed by atoms with van der Waals surface area (Å²) in [6, 6.07) is 18.1. The molecule has 1 saturated heterocycles. The minimum absolute atomic E-state index is 0.126. The molecule has 2 amide bonds. The van der Waals surface area contributed by atoms with Crippen molar-refractivity contribution in [2.45, 2.75) is 18.9 Å². The van der Waals surface area contributed by atoms with Crippen LogP contribution in [0.1, 0.15) is 21.8 Å². The van der Waals surface area contributed by atoms with Gasteiger partial charge in [0.1, 0.15) is 0 Å². The number of oxazole rings is 1. The van der Waals surface area contributed by atoms with Gasteiger partial charge >= 0.3 is 0 Å². The molecule has 1 aliphatic heterocycles. The third kappa shape index (κ3) is 4.22. The van der Waals surface area contributed by atoms with Gasteiger partial charge in [0.2, 0.25) is 5.76 Å². The summed E-state index contributed by atoms with van der Waals surface area (Å²) >= 11 is 0. The summed E-state index contributed by atoms with van der Waals surface area (Å²) in [6.45, 7) is 2.48. The number of carbonyl (C=O) groups is 2. The summed E-state index contributed by atoms with van der Waals surface area (Å²) in [6.07, 6.45) is 1.59. The van der Waals surface area contributed by atoms with Crippen LogP contribution in [-0.4, -0.2) is 54.0 Å². The van der Waals surface area contributed by atoms with E-state index in [1.165, 1.54) is 6.39 Å². The van der Waals surface area contributed by atoms with Crippen LogP contribution in [0.2, 0.25) is 0 Å². The van der Waals surface area contributed by atoms with Gasteiger partial charge in [0.15, 0.2) is 12.0 Å². The van der Waals surface area contributed by atoms with Gasteiger partial charge in [-0.05, 0) is 23.6 Å². The van der Waals surface area contributed by atoms with Crippen molar-refractivity contribution in [1.82, 2.24) is 15.2 Å². The molecule has 3 aromatic rings. The first-order valence-corrected chi connectivity index (χ1v) is 10.2. The lowest BCUT2D eigenvalue weighted by Crippen LogP contribution is -2.61. The molecule has 2 heterocycles. The summed E-state index contributed by atoms with van der Waals surface area (Å²) in [5, 5.41) is 2.71. The van der Waals surface area contributed by atoms with Crippen LogP contribution in [0.5, 0.6) is 0 Å². The number of morpholine rings is 1. The molecule has 0 radical (unpaired) electrons. The van der Waals surface area contributed by atoms with Crippen molar-refractivity contribution in [3.05, 3.63) is 78.0 Å². The van der Waals surface area contributed by atoms with Gasteiger partial charge in [0.25, 0.3) is 11.8 Å². The van der Waals surface area contributed by atoms with Crippen LogP contribution in [0.15, 0.2) is 65.4 Å². The highest BCUT2D eigenvalue weighted by Gasteiger charge is 2.45. The summed E-state index contributed by atoms with van der Waals surface area (Å²) < 4.78 is 11.3. The Morgan fingerprint density at radius 2 is 1.90 bits per heavy atom. The van der Waals surface area contributed by atoms with Gasteiger partial charge in [-0.2, -0.15) is 0 Å². The van der Waals surface area contributed by atoms with Crippen molar-refractivity contribution in [2.75, 3.05) is 26.7 Å². The van der Waals surface area contributed by atoms with E-state index in [4.69, 9.17) is 9.15 Å². The smallest absolute Gasteiger partial charge is 0.291 e. The topological polar surface area (TPSA) is 84.7 Å². The number of benzene rings is 2. The van der Waals surface area contributed by atoms with Gasteiger partial charge in [-0.15, -0.1) is 0 Å². The summed E-state index contributed by atoms with van der Waals surface area (Å²) in [5.74, 6) is -0.354. The Morgan fingerprint density at radius 1 is 1.13 bits per heavy atom. The van der Waals surface area contributed by atoms with Gasteiger partial charge in [0, 0.05) is 20.0 Å². The Balaban J connectivity index is 1.62. The molecule has 0 unspecified atom stereocenters. The fourth-order valence-electron chi connectivity index (χ4n) is 3.98. The minimum Gasteiger partial charge on any atom is -0.438 e. The highest BCUT2D eigenvalue weighted by atomic mass is 16.5. The monoisotopic (exact) mass is 419 g/mol. The molecule has 160 valence electrons. The molecule has 0 saturated carbocycles. The lowest BCUT2D eigenvalue weighted by molar-refractivity contribution is -0.156. The maximum atomic E-state index is 13.0. The van der Waals surface area contributed by atoms with Gasteiger partial charge in [-0.1, -0.05) is 54.6 Å². The van der Waals surface area contributed by atoms with Gasteiger partial charge in [0.05, 0.1) is 18.8 Å². The number of ether oxygens (including phenoxy) is 1. The second-order valence-corrected chi connectivity index (χ2v) is 7.66. The van der Waals surface area contributed by atoms with Gasteiger partial charge in [-0.3, -0.25) is 9.59 Å². The number of likely N-dealkylation sites (N-methyl/N-ethyl adjacent to an activating group) is 1. The van der Waals surface area contributed by atoms with Crippen LogP contribution in [0.3, 0.4) is 0 Å². The normalized spacial score (nSPS) is 18.6. The van der Waals surface area contributed by atoms with Gasteiger partial charge < -0.3 is 19.4 Å². The van der Waals surface area contributed by atoms with Crippen LogP contribution in [-0.2, 0) is 16.0 Å². The maximum Gasteiger partial charge on any atom is 0.291 e. The molecule has 1 fully saturated rings. The van der Waals surface area contributed by atoms with Crippen molar-refractivity contribution >= 4 is 11.8 Å². The first kappa shape index (κ1) is 20.8. The average molecular weight is 419 g/mol. The van der Waals surface area contributed by atoms with Crippen molar-refractivity contribution in [1.29, 1.82) is 0 Å². The fraction of sp³-hybridized carbons (Fsp3) is 0.292. The molecule has 1 aliphatic rings. The molecule has 0 aliphatic carbocycles. The molecular weight excluding hydrogens is 394 g/mol. The zero-order chi connectivity index (χ0) is 21.8.